The molecule has 0 radical (unpaired) electrons. The van der Waals surface area contributed by atoms with Crippen LogP contribution in [0.2, 0.25) is 0 Å². The van der Waals surface area contributed by atoms with Gasteiger partial charge in [0.2, 0.25) is 0 Å². The Morgan fingerprint density at radius 1 is 1.44 bits per heavy atom. The van der Waals surface area contributed by atoms with E-state index in [0.717, 1.165) is 48.3 Å². The summed E-state index contributed by atoms with van der Waals surface area (Å²) in [6.07, 6.45) is 2.39. The van der Waals surface area contributed by atoms with E-state index in [1.54, 1.807) is 7.11 Å². The van der Waals surface area contributed by atoms with Crippen molar-refractivity contribution in [1.29, 1.82) is 0 Å². The molecule has 0 aliphatic carbocycles. The van der Waals surface area contributed by atoms with Crippen molar-refractivity contribution in [2.45, 2.75) is 25.4 Å². The van der Waals surface area contributed by atoms with Crippen molar-refractivity contribution >= 4 is 15.9 Å². The zero-order valence-electron chi connectivity index (χ0n) is 10.6. The molecule has 1 aliphatic heterocycles. The van der Waals surface area contributed by atoms with Gasteiger partial charge in [-0.05, 0) is 37.3 Å². The van der Waals surface area contributed by atoms with E-state index < -0.39 is 6.10 Å². The lowest BCUT2D eigenvalue weighted by molar-refractivity contribution is 0.0430. The molecule has 0 aromatic heterocycles. The summed E-state index contributed by atoms with van der Waals surface area (Å²) in [4.78, 5) is 0. The van der Waals surface area contributed by atoms with Crippen LogP contribution in [0.5, 0.6) is 5.75 Å². The molecule has 1 fully saturated rings. The van der Waals surface area contributed by atoms with Gasteiger partial charge in [0.25, 0.3) is 0 Å². The molecule has 1 N–H and O–H groups in total. The summed E-state index contributed by atoms with van der Waals surface area (Å²) in [6.45, 7) is 1.63. The second-order valence-corrected chi connectivity index (χ2v) is 5.61. The summed E-state index contributed by atoms with van der Waals surface area (Å²) >= 11 is 3.41. The van der Waals surface area contributed by atoms with Gasteiger partial charge in [0.1, 0.15) is 5.75 Å². The first-order valence-corrected chi connectivity index (χ1v) is 7.09. The first kappa shape index (κ1) is 13.8. The molecule has 1 aromatic carbocycles. The summed E-state index contributed by atoms with van der Waals surface area (Å²) in [7, 11) is 1.63. The van der Waals surface area contributed by atoms with Crippen molar-refractivity contribution < 1.29 is 14.6 Å². The fourth-order valence-electron chi connectivity index (χ4n) is 2.39. The van der Waals surface area contributed by atoms with Crippen LogP contribution in [0.1, 0.15) is 30.9 Å². The van der Waals surface area contributed by atoms with E-state index >= 15 is 0 Å². The lowest BCUT2D eigenvalue weighted by Gasteiger charge is -2.25. The van der Waals surface area contributed by atoms with Crippen LogP contribution in [-0.4, -0.2) is 25.4 Å². The van der Waals surface area contributed by atoms with Crippen molar-refractivity contribution in [2.24, 2.45) is 5.92 Å². The number of rotatable bonds is 4. The molecule has 1 atom stereocenters. The zero-order chi connectivity index (χ0) is 13.0. The number of aliphatic hydroxyl groups is 1. The first-order valence-electron chi connectivity index (χ1n) is 6.30. The van der Waals surface area contributed by atoms with Gasteiger partial charge in [-0.3, -0.25) is 0 Å². The van der Waals surface area contributed by atoms with Crippen molar-refractivity contribution in [3.63, 3.8) is 0 Å². The zero-order valence-corrected chi connectivity index (χ0v) is 12.1. The molecule has 100 valence electrons. The van der Waals surface area contributed by atoms with Gasteiger partial charge in [0, 0.05) is 23.2 Å². The van der Waals surface area contributed by atoms with Crippen LogP contribution in [0.4, 0.5) is 0 Å². The van der Waals surface area contributed by atoms with Crippen molar-refractivity contribution in [3.8, 4) is 5.75 Å². The molecule has 1 heterocycles. The standard InChI is InChI=1S/C14H19BrO3/c1-17-14-9-11(15)2-3-12(14)13(16)8-10-4-6-18-7-5-10/h2-3,9-10,13,16H,4-8H2,1H3. The molecule has 1 aliphatic rings. The quantitative estimate of drug-likeness (QED) is 0.926. The minimum atomic E-state index is -0.462. The highest BCUT2D eigenvalue weighted by Gasteiger charge is 2.21. The van der Waals surface area contributed by atoms with Crippen LogP contribution in [0.15, 0.2) is 22.7 Å². The van der Waals surface area contributed by atoms with Gasteiger partial charge in [0.15, 0.2) is 0 Å². The number of methoxy groups -OCH3 is 1. The second-order valence-electron chi connectivity index (χ2n) is 4.69. The Bertz CT molecular complexity index is 389. The van der Waals surface area contributed by atoms with Crippen molar-refractivity contribution in [1.82, 2.24) is 0 Å². The maximum Gasteiger partial charge on any atom is 0.125 e. The fraction of sp³-hybridized carbons (Fsp3) is 0.571. The smallest absolute Gasteiger partial charge is 0.125 e. The molecular weight excluding hydrogens is 296 g/mol. The summed E-state index contributed by atoms with van der Waals surface area (Å²) in [6, 6.07) is 5.75. The second kappa shape index (κ2) is 6.55. The third-order valence-electron chi connectivity index (χ3n) is 3.45. The fourth-order valence-corrected chi connectivity index (χ4v) is 2.73. The van der Waals surface area contributed by atoms with Crippen LogP contribution in [0, 0.1) is 5.92 Å². The lowest BCUT2D eigenvalue weighted by Crippen LogP contribution is -2.18. The maximum absolute atomic E-state index is 10.3. The van der Waals surface area contributed by atoms with E-state index in [9.17, 15) is 5.11 Å². The van der Waals surface area contributed by atoms with Crippen LogP contribution in [0.25, 0.3) is 0 Å². The molecule has 1 saturated heterocycles. The van der Waals surface area contributed by atoms with Gasteiger partial charge in [-0.15, -0.1) is 0 Å². The number of ether oxygens (including phenoxy) is 2. The SMILES string of the molecule is COc1cc(Br)ccc1C(O)CC1CCOCC1. The Morgan fingerprint density at radius 2 is 2.17 bits per heavy atom. The van der Waals surface area contributed by atoms with Crippen molar-refractivity contribution in [3.05, 3.63) is 28.2 Å². The summed E-state index contributed by atoms with van der Waals surface area (Å²) in [5.74, 6) is 1.28. The molecule has 1 unspecified atom stereocenters. The number of benzene rings is 1. The highest BCUT2D eigenvalue weighted by Crippen LogP contribution is 2.33. The molecule has 3 nitrogen and oxygen atoms in total. The van der Waals surface area contributed by atoms with E-state index in [-0.39, 0.29) is 0 Å². The van der Waals surface area contributed by atoms with Gasteiger partial charge in [-0.25, -0.2) is 0 Å². The number of halogens is 1. The van der Waals surface area contributed by atoms with E-state index in [1.165, 1.54) is 0 Å². The Kier molecular flexibility index (Phi) is 5.03. The lowest BCUT2D eigenvalue weighted by atomic mass is 9.91. The minimum Gasteiger partial charge on any atom is -0.496 e. The highest BCUT2D eigenvalue weighted by atomic mass is 79.9. The summed E-state index contributed by atoms with van der Waals surface area (Å²) in [5.41, 5.74) is 0.868. The van der Waals surface area contributed by atoms with Crippen LogP contribution >= 0.6 is 15.9 Å². The molecule has 4 heteroatoms. The maximum atomic E-state index is 10.3. The van der Waals surface area contributed by atoms with E-state index in [0.29, 0.717) is 5.92 Å². The third kappa shape index (κ3) is 3.46. The van der Waals surface area contributed by atoms with Crippen LogP contribution in [0.3, 0.4) is 0 Å². The van der Waals surface area contributed by atoms with E-state index in [2.05, 4.69) is 15.9 Å². The number of hydrogen-bond acceptors (Lipinski definition) is 3. The van der Waals surface area contributed by atoms with Crippen LogP contribution in [-0.2, 0) is 4.74 Å². The Morgan fingerprint density at radius 3 is 2.83 bits per heavy atom. The van der Waals surface area contributed by atoms with E-state index in [1.807, 2.05) is 18.2 Å². The molecule has 0 bridgehead atoms. The van der Waals surface area contributed by atoms with E-state index in [4.69, 9.17) is 9.47 Å². The first-order chi connectivity index (χ1) is 8.70. The Hall–Kier alpha value is -0.580. The summed E-state index contributed by atoms with van der Waals surface area (Å²) < 4.78 is 11.6. The monoisotopic (exact) mass is 314 g/mol. The Labute approximate surface area is 116 Å². The third-order valence-corrected chi connectivity index (χ3v) is 3.95. The minimum absolute atomic E-state index is 0.462. The Balaban J connectivity index is 2.05. The molecule has 0 amide bonds. The predicted molar refractivity (Wildman–Crippen MR) is 73.8 cm³/mol. The predicted octanol–water partition coefficient (Wildman–Crippen LogP) is 3.31. The molecule has 0 saturated carbocycles. The van der Waals surface area contributed by atoms with Crippen LogP contribution < -0.4 is 4.74 Å². The highest BCUT2D eigenvalue weighted by molar-refractivity contribution is 9.10. The molecule has 18 heavy (non-hydrogen) atoms. The molecule has 0 spiro atoms. The van der Waals surface area contributed by atoms with Crippen molar-refractivity contribution in [2.75, 3.05) is 20.3 Å². The topological polar surface area (TPSA) is 38.7 Å². The molecular formula is C14H19BrO3. The van der Waals surface area contributed by atoms with Gasteiger partial charge in [-0.2, -0.15) is 0 Å². The molecule has 2 rings (SSSR count). The van der Waals surface area contributed by atoms with Gasteiger partial charge < -0.3 is 14.6 Å². The van der Waals surface area contributed by atoms with Gasteiger partial charge >= 0.3 is 0 Å². The van der Waals surface area contributed by atoms with Gasteiger partial charge in [-0.1, -0.05) is 22.0 Å². The summed E-state index contributed by atoms with van der Waals surface area (Å²) in [5, 5.41) is 10.3. The number of aliphatic hydroxyl groups excluding tert-OH is 1. The van der Waals surface area contributed by atoms with Gasteiger partial charge in [0.05, 0.1) is 13.2 Å². The normalized spacial score (nSPS) is 18.6. The molecule has 1 aromatic rings. The largest absolute Gasteiger partial charge is 0.496 e. The number of hydrogen-bond donors (Lipinski definition) is 1. The average Bonchev–Trinajstić information content (AvgIpc) is 2.39. The average molecular weight is 315 g/mol.